The smallest absolute Gasteiger partial charge is 0.251 e. The van der Waals surface area contributed by atoms with Crippen LogP contribution in [0.2, 0.25) is 0 Å². The van der Waals surface area contributed by atoms with Gasteiger partial charge >= 0.3 is 0 Å². The highest BCUT2D eigenvalue weighted by Crippen LogP contribution is 2.24. The van der Waals surface area contributed by atoms with E-state index in [9.17, 15) is 9.59 Å². The summed E-state index contributed by atoms with van der Waals surface area (Å²) in [6.07, 6.45) is 4.25. The maximum absolute atomic E-state index is 13.1. The van der Waals surface area contributed by atoms with Crippen LogP contribution in [0.5, 0.6) is 11.5 Å². The molecule has 1 atom stereocenters. The summed E-state index contributed by atoms with van der Waals surface area (Å²) >= 11 is 0. The second-order valence-corrected chi connectivity index (χ2v) is 8.03. The summed E-state index contributed by atoms with van der Waals surface area (Å²) in [5.74, 6) is 1.84. The van der Waals surface area contributed by atoms with Gasteiger partial charge in [-0.25, -0.2) is 0 Å². The van der Waals surface area contributed by atoms with Crippen molar-refractivity contribution in [2.75, 3.05) is 25.6 Å². The number of hydrogen-bond donors (Lipinski definition) is 2. The third-order valence-corrected chi connectivity index (χ3v) is 5.01. The van der Waals surface area contributed by atoms with E-state index in [0.717, 1.165) is 0 Å². The molecule has 2 N–H and O–H groups in total. The number of aromatic nitrogens is 2. The quantitative estimate of drug-likeness (QED) is 0.554. The van der Waals surface area contributed by atoms with Crippen LogP contribution in [0.4, 0.5) is 5.82 Å². The van der Waals surface area contributed by atoms with Crippen LogP contribution in [0.3, 0.4) is 0 Å². The molecule has 1 aliphatic rings. The second-order valence-electron chi connectivity index (χ2n) is 8.03. The van der Waals surface area contributed by atoms with Gasteiger partial charge in [-0.3, -0.25) is 14.3 Å². The first-order valence-electron chi connectivity index (χ1n) is 10.7. The van der Waals surface area contributed by atoms with Gasteiger partial charge < -0.3 is 24.8 Å². The minimum Gasteiger partial charge on any atom is -0.497 e. The molecular formula is C23H30N4O5. The fourth-order valence-electron chi connectivity index (χ4n) is 3.45. The van der Waals surface area contributed by atoms with Crippen LogP contribution in [-0.4, -0.2) is 57.9 Å². The van der Waals surface area contributed by atoms with Gasteiger partial charge in [0.1, 0.15) is 23.3 Å². The Labute approximate surface area is 187 Å². The molecule has 0 aliphatic carbocycles. The Morgan fingerprint density at radius 1 is 1.22 bits per heavy atom. The fraction of sp³-hybridized carbons (Fsp3) is 0.435. The summed E-state index contributed by atoms with van der Waals surface area (Å²) in [7, 11) is 1.59. The lowest BCUT2D eigenvalue weighted by molar-refractivity contribution is -0.133. The summed E-state index contributed by atoms with van der Waals surface area (Å²) in [5, 5.41) is 16.1. The number of nitrogens with zero attached hydrogens (tertiary/aromatic N) is 3. The number of ether oxygens (including phenoxy) is 2. The molecule has 9 nitrogen and oxygen atoms in total. The van der Waals surface area contributed by atoms with Crippen LogP contribution in [0.15, 0.2) is 48.4 Å². The van der Waals surface area contributed by atoms with Gasteiger partial charge in [0.05, 0.1) is 13.7 Å². The number of aliphatic hydroxyl groups is 1. The molecule has 0 saturated carbocycles. The third-order valence-electron chi connectivity index (χ3n) is 5.01. The Kier molecular flexibility index (Phi) is 7.88. The topological polar surface area (TPSA) is 106 Å². The number of anilines is 1. The van der Waals surface area contributed by atoms with Crippen molar-refractivity contribution in [2.24, 2.45) is 5.92 Å². The van der Waals surface area contributed by atoms with Gasteiger partial charge in [-0.2, -0.15) is 5.10 Å². The summed E-state index contributed by atoms with van der Waals surface area (Å²) in [4.78, 5) is 27.3. The zero-order chi connectivity index (χ0) is 23.1. The van der Waals surface area contributed by atoms with Gasteiger partial charge in [0.25, 0.3) is 5.91 Å². The zero-order valence-corrected chi connectivity index (χ0v) is 18.7. The molecule has 1 aliphatic heterocycles. The van der Waals surface area contributed by atoms with E-state index in [4.69, 9.17) is 14.6 Å². The molecule has 0 bridgehead atoms. The largest absolute Gasteiger partial charge is 0.497 e. The average Bonchev–Trinajstić information content (AvgIpc) is 3.36. The Bertz CT molecular complexity index is 952. The van der Waals surface area contributed by atoms with Crippen molar-refractivity contribution in [1.29, 1.82) is 0 Å². The zero-order valence-electron chi connectivity index (χ0n) is 18.7. The molecule has 2 aromatic rings. The predicted molar refractivity (Wildman–Crippen MR) is 119 cm³/mol. The summed E-state index contributed by atoms with van der Waals surface area (Å²) < 4.78 is 12.6. The number of amides is 2. The molecule has 2 heterocycles. The van der Waals surface area contributed by atoms with Gasteiger partial charge in [-0.1, -0.05) is 13.8 Å². The lowest BCUT2D eigenvalue weighted by Crippen LogP contribution is -2.46. The van der Waals surface area contributed by atoms with E-state index >= 15 is 0 Å². The minimum absolute atomic E-state index is 0.0724. The number of rotatable bonds is 11. The summed E-state index contributed by atoms with van der Waals surface area (Å²) in [5.41, 5.74) is 0. The molecule has 3 rings (SSSR count). The van der Waals surface area contributed by atoms with Gasteiger partial charge in [-0.05, 0) is 43.0 Å². The third kappa shape index (κ3) is 6.10. The predicted octanol–water partition coefficient (Wildman–Crippen LogP) is 2.43. The Morgan fingerprint density at radius 2 is 1.94 bits per heavy atom. The van der Waals surface area contributed by atoms with E-state index in [1.165, 1.54) is 11.0 Å². The van der Waals surface area contributed by atoms with Crippen LogP contribution in [0.1, 0.15) is 26.7 Å². The SMILES string of the molecule is COc1ccc(OC2=CC(=O)N([C@@H](CC(C)C)C(=O)Nc3ccn(CCCO)n3)C2)cc1. The molecule has 0 unspecified atom stereocenters. The van der Waals surface area contributed by atoms with Crippen LogP contribution in [0.25, 0.3) is 0 Å². The lowest BCUT2D eigenvalue weighted by atomic mass is 10.0. The van der Waals surface area contributed by atoms with Crippen molar-refractivity contribution >= 4 is 17.6 Å². The Balaban J connectivity index is 1.66. The van der Waals surface area contributed by atoms with Crippen LogP contribution in [-0.2, 0) is 16.1 Å². The van der Waals surface area contributed by atoms with Crippen LogP contribution < -0.4 is 14.8 Å². The minimum atomic E-state index is -0.654. The maximum atomic E-state index is 13.1. The van der Waals surface area contributed by atoms with Gasteiger partial charge in [-0.15, -0.1) is 0 Å². The first kappa shape index (κ1) is 23.3. The van der Waals surface area contributed by atoms with E-state index in [0.29, 0.717) is 42.5 Å². The molecule has 1 aromatic heterocycles. The van der Waals surface area contributed by atoms with E-state index in [-0.39, 0.29) is 30.9 Å². The highest BCUT2D eigenvalue weighted by atomic mass is 16.5. The van der Waals surface area contributed by atoms with E-state index < -0.39 is 6.04 Å². The number of aryl methyl sites for hydroxylation is 1. The number of benzene rings is 1. The van der Waals surface area contributed by atoms with Crippen molar-refractivity contribution in [2.45, 2.75) is 39.3 Å². The van der Waals surface area contributed by atoms with Gasteiger partial charge in [0.15, 0.2) is 5.82 Å². The highest BCUT2D eigenvalue weighted by Gasteiger charge is 2.35. The number of carbonyl (C=O) groups excluding carboxylic acids is 2. The first-order valence-corrected chi connectivity index (χ1v) is 10.7. The molecule has 9 heteroatoms. The Hall–Kier alpha value is -3.33. The van der Waals surface area contributed by atoms with Gasteiger partial charge in [0, 0.05) is 31.5 Å². The van der Waals surface area contributed by atoms with Crippen molar-refractivity contribution in [3.8, 4) is 11.5 Å². The molecule has 0 saturated heterocycles. The maximum Gasteiger partial charge on any atom is 0.251 e. The number of carbonyl (C=O) groups is 2. The van der Waals surface area contributed by atoms with E-state index in [1.54, 1.807) is 48.3 Å². The normalized spacial score (nSPS) is 14.5. The molecule has 0 fully saturated rings. The molecule has 32 heavy (non-hydrogen) atoms. The van der Waals surface area contributed by atoms with Crippen LogP contribution >= 0.6 is 0 Å². The second kappa shape index (κ2) is 10.8. The van der Waals surface area contributed by atoms with E-state index in [2.05, 4.69) is 10.4 Å². The van der Waals surface area contributed by atoms with Crippen molar-refractivity contribution in [3.63, 3.8) is 0 Å². The lowest BCUT2D eigenvalue weighted by Gasteiger charge is -2.28. The number of methoxy groups -OCH3 is 1. The number of hydrogen-bond acceptors (Lipinski definition) is 6. The molecule has 172 valence electrons. The number of nitrogens with one attached hydrogen (secondary N) is 1. The average molecular weight is 443 g/mol. The first-order chi connectivity index (χ1) is 15.4. The highest BCUT2D eigenvalue weighted by molar-refractivity contribution is 5.99. The molecule has 0 radical (unpaired) electrons. The Morgan fingerprint density at radius 3 is 2.59 bits per heavy atom. The van der Waals surface area contributed by atoms with Crippen molar-refractivity contribution in [1.82, 2.24) is 14.7 Å². The molecule has 2 amide bonds. The summed E-state index contributed by atoms with van der Waals surface area (Å²) in [6, 6.07) is 8.12. The van der Waals surface area contributed by atoms with Gasteiger partial charge in [0.2, 0.25) is 5.91 Å². The van der Waals surface area contributed by atoms with Crippen molar-refractivity contribution in [3.05, 3.63) is 48.4 Å². The monoisotopic (exact) mass is 442 g/mol. The summed E-state index contributed by atoms with van der Waals surface area (Å²) in [6.45, 7) is 4.85. The number of aliphatic hydroxyl groups excluding tert-OH is 1. The fourth-order valence-corrected chi connectivity index (χ4v) is 3.45. The van der Waals surface area contributed by atoms with Crippen molar-refractivity contribution < 1.29 is 24.2 Å². The molecule has 0 spiro atoms. The van der Waals surface area contributed by atoms with E-state index in [1.807, 2.05) is 13.8 Å². The molecule has 1 aromatic carbocycles. The van der Waals surface area contributed by atoms with Crippen LogP contribution in [0, 0.1) is 5.92 Å². The standard InChI is InChI=1S/C23H30N4O5/c1-16(2)13-20(23(30)24-21-9-11-26(25-21)10-4-12-28)27-15-19(14-22(27)29)32-18-7-5-17(31-3)6-8-18/h5-9,11,14,16,20,28H,4,10,12-13,15H2,1-3H3,(H,24,25,30)/t20-/m0/s1. The molecular weight excluding hydrogens is 412 g/mol.